The lowest BCUT2D eigenvalue weighted by atomic mass is 9.97. The van der Waals surface area contributed by atoms with Crippen LogP contribution in [-0.2, 0) is 12.3 Å². The van der Waals surface area contributed by atoms with Crippen molar-refractivity contribution in [1.29, 1.82) is 0 Å². The Hall–Kier alpha value is -1.70. The van der Waals surface area contributed by atoms with Gasteiger partial charge in [0, 0.05) is 48.1 Å². The predicted molar refractivity (Wildman–Crippen MR) is 116 cm³/mol. The van der Waals surface area contributed by atoms with Crippen molar-refractivity contribution in [3.63, 3.8) is 0 Å². The maximum atomic E-state index is 4.66. The summed E-state index contributed by atoms with van der Waals surface area (Å²) in [5.74, 6) is 2.48. The molecule has 1 aliphatic heterocycles. The Kier molecular flexibility index (Phi) is 6.44. The lowest BCUT2D eigenvalue weighted by molar-refractivity contribution is 0.195. The number of hydrogen-bond donors (Lipinski definition) is 0. The van der Waals surface area contributed by atoms with Crippen LogP contribution in [0.2, 0.25) is 0 Å². The number of rotatable bonds is 7. The molecule has 0 N–H and O–H groups in total. The second kappa shape index (κ2) is 9.20. The first kappa shape index (κ1) is 19.6. The van der Waals surface area contributed by atoms with E-state index >= 15 is 0 Å². The molecule has 0 saturated carbocycles. The zero-order valence-corrected chi connectivity index (χ0v) is 18.1. The Balaban J connectivity index is 1.48. The normalized spacial score (nSPS) is 18.0. The SMILES string of the molecule is CC(C)n1c(SCc2cccnc2)nnc1[C@@H]1CCCN(Cc2cccs2)C1. The van der Waals surface area contributed by atoms with Gasteiger partial charge in [-0.2, -0.15) is 0 Å². The Morgan fingerprint density at radius 1 is 1.25 bits per heavy atom. The van der Waals surface area contributed by atoms with Gasteiger partial charge in [0.05, 0.1) is 0 Å². The summed E-state index contributed by atoms with van der Waals surface area (Å²) in [6.45, 7) is 7.75. The van der Waals surface area contributed by atoms with E-state index in [9.17, 15) is 0 Å². The summed E-state index contributed by atoms with van der Waals surface area (Å²) in [4.78, 5) is 8.23. The van der Waals surface area contributed by atoms with E-state index in [1.807, 2.05) is 29.8 Å². The van der Waals surface area contributed by atoms with E-state index in [2.05, 4.69) is 62.1 Å². The van der Waals surface area contributed by atoms with Gasteiger partial charge >= 0.3 is 0 Å². The van der Waals surface area contributed by atoms with Crippen LogP contribution in [0.3, 0.4) is 0 Å². The van der Waals surface area contributed by atoms with Gasteiger partial charge in [-0.05, 0) is 56.3 Å². The van der Waals surface area contributed by atoms with E-state index in [4.69, 9.17) is 0 Å². The molecular formula is C21H27N5S2. The molecule has 1 saturated heterocycles. The number of hydrogen-bond acceptors (Lipinski definition) is 6. The summed E-state index contributed by atoms with van der Waals surface area (Å²) in [7, 11) is 0. The highest BCUT2D eigenvalue weighted by molar-refractivity contribution is 7.98. The highest BCUT2D eigenvalue weighted by Gasteiger charge is 2.28. The fourth-order valence-electron chi connectivity index (χ4n) is 3.81. The first-order valence-corrected chi connectivity index (χ1v) is 11.8. The zero-order valence-electron chi connectivity index (χ0n) is 16.5. The maximum absolute atomic E-state index is 4.66. The Labute approximate surface area is 175 Å². The Bertz CT molecular complexity index is 860. The molecule has 0 radical (unpaired) electrons. The van der Waals surface area contributed by atoms with Gasteiger partial charge in [-0.3, -0.25) is 9.88 Å². The average molecular weight is 414 g/mol. The summed E-state index contributed by atoms with van der Waals surface area (Å²) >= 11 is 3.60. The van der Waals surface area contributed by atoms with Crippen LogP contribution in [0.4, 0.5) is 0 Å². The first-order valence-electron chi connectivity index (χ1n) is 9.92. The van der Waals surface area contributed by atoms with Gasteiger partial charge < -0.3 is 4.57 Å². The highest BCUT2D eigenvalue weighted by Crippen LogP contribution is 2.32. The van der Waals surface area contributed by atoms with E-state index in [-0.39, 0.29) is 0 Å². The zero-order chi connectivity index (χ0) is 19.3. The van der Waals surface area contributed by atoms with Gasteiger partial charge in [-0.1, -0.05) is 23.9 Å². The molecule has 1 atom stereocenters. The maximum Gasteiger partial charge on any atom is 0.191 e. The molecule has 1 aliphatic rings. The molecule has 1 fully saturated rings. The second-order valence-corrected chi connectivity index (χ2v) is 9.58. The quantitative estimate of drug-likeness (QED) is 0.511. The smallest absolute Gasteiger partial charge is 0.191 e. The molecule has 5 nitrogen and oxygen atoms in total. The molecule has 0 bridgehead atoms. The minimum atomic E-state index is 0.356. The van der Waals surface area contributed by atoms with Crippen LogP contribution in [-0.4, -0.2) is 37.7 Å². The molecular weight excluding hydrogens is 386 g/mol. The fourth-order valence-corrected chi connectivity index (χ4v) is 5.57. The number of thiophene rings is 1. The van der Waals surface area contributed by atoms with Crippen LogP contribution in [0.25, 0.3) is 0 Å². The third-order valence-corrected chi connectivity index (χ3v) is 7.00. The molecule has 148 valence electrons. The van der Waals surface area contributed by atoms with E-state index in [1.54, 1.807) is 11.8 Å². The van der Waals surface area contributed by atoms with E-state index < -0.39 is 0 Å². The molecule has 0 unspecified atom stereocenters. The molecule has 3 aromatic heterocycles. The summed E-state index contributed by atoms with van der Waals surface area (Å²) in [5, 5.41) is 12.4. The van der Waals surface area contributed by atoms with Crippen molar-refractivity contribution in [2.24, 2.45) is 0 Å². The van der Waals surface area contributed by atoms with Crippen LogP contribution in [0.1, 0.15) is 54.9 Å². The largest absolute Gasteiger partial charge is 0.303 e. The molecule has 3 aromatic rings. The van der Waals surface area contributed by atoms with Gasteiger partial charge in [-0.25, -0.2) is 0 Å². The highest BCUT2D eigenvalue weighted by atomic mass is 32.2. The average Bonchev–Trinajstić information content (AvgIpc) is 3.37. The lowest BCUT2D eigenvalue weighted by Crippen LogP contribution is -2.34. The number of pyridine rings is 1. The predicted octanol–water partition coefficient (Wildman–Crippen LogP) is 4.99. The van der Waals surface area contributed by atoms with Crippen LogP contribution in [0.5, 0.6) is 0 Å². The summed E-state index contributed by atoms with van der Waals surface area (Å²) in [6.07, 6.45) is 6.15. The fraction of sp³-hybridized carbons (Fsp3) is 0.476. The molecule has 0 spiro atoms. The van der Waals surface area contributed by atoms with Gasteiger partial charge in [0.25, 0.3) is 0 Å². The van der Waals surface area contributed by atoms with E-state index in [0.717, 1.165) is 29.8 Å². The summed E-state index contributed by atoms with van der Waals surface area (Å²) in [6, 6.07) is 8.83. The molecule has 0 amide bonds. The van der Waals surface area contributed by atoms with Crippen LogP contribution in [0.15, 0.2) is 47.2 Å². The molecule has 4 rings (SSSR count). The first-order chi connectivity index (χ1) is 13.7. The van der Waals surface area contributed by atoms with Gasteiger partial charge in [0.15, 0.2) is 5.16 Å². The minimum absolute atomic E-state index is 0.356. The standard InChI is InChI=1S/C21H27N5S2/c1-16(2)26-20(23-24-21(26)28-15-17-6-3-9-22-12-17)18-7-4-10-25(13-18)14-19-8-5-11-27-19/h3,5-6,8-9,11-12,16,18H,4,7,10,13-15H2,1-2H3/t18-/m1/s1. The number of thioether (sulfide) groups is 1. The molecule has 0 aliphatic carbocycles. The van der Waals surface area contributed by atoms with Crippen LogP contribution >= 0.6 is 23.1 Å². The number of piperidine rings is 1. The topological polar surface area (TPSA) is 46.8 Å². The molecule has 0 aromatic carbocycles. The van der Waals surface area contributed by atoms with Crippen molar-refractivity contribution in [3.05, 3.63) is 58.3 Å². The lowest BCUT2D eigenvalue weighted by Gasteiger charge is -2.32. The Morgan fingerprint density at radius 2 is 2.18 bits per heavy atom. The summed E-state index contributed by atoms with van der Waals surface area (Å²) < 4.78 is 2.35. The number of likely N-dealkylation sites (tertiary alicyclic amines) is 1. The van der Waals surface area contributed by atoms with Crippen LogP contribution < -0.4 is 0 Å². The van der Waals surface area contributed by atoms with E-state index in [0.29, 0.717) is 12.0 Å². The van der Waals surface area contributed by atoms with Crippen molar-refractivity contribution in [1.82, 2.24) is 24.6 Å². The van der Waals surface area contributed by atoms with Gasteiger partial charge in [-0.15, -0.1) is 21.5 Å². The Morgan fingerprint density at radius 3 is 2.93 bits per heavy atom. The van der Waals surface area contributed by atoms with E-state index in [1.165, 1.54) is 29.8 Å². The molecule has 4 heterocycles. The van der Waals surface area contributed by atoms with Crippen molar-refractivity contribution >= 4 is 23.1 Å². The van der Waals surface area contributed by atoms with Gasteiger partial charge in [0.1, 0.15) is 5.82 Å². The third kappa shape index (κ3) is 4.64. The third-order valence-electron chi connectivity index (χ3n) is 5.13. The molecule has 7 heteroatoms. The summed E-state index contributed by atoms with van der Waals surface area (Å²) in [5.41, 5.74) is 1.21. The van der Waals surface area contributed by atoms with Crippen molar-refractivity contribution in [2.75, 3.05) is 13.1 Å². The van der Waals surface area contributed by atoms with Crippen molar-refractivity contribution in [3.8, 4) is 0 Å². The monoisotopic (exact) mass is 413 g/mol. The van der Waals surface area contributed by atoms with Gasteiger partial charge in [0.2, 0.25) is 0 Å². The van der Waals surface area contributed by atoms with Crippen molar-refractivity contribution in [2.45, 2.75) is 56.1 Å². The minimum Gasteiger partial charge on any atom is -0.303 e. The second-order valence-electron chi connectivity index (χ2n) is 7.61. The van der Waals surface area contributed by atoms with Crippen molar-refractivity contribution < 1.29 is 0 Å². The number of nitrogens with zero attached hydrogens (tertiary/aromatic N) is 5. The van der Waals surface area contributed by atoms with Crippen LogP contribution in [0, 0.1) is 0 Å². The molecule has 28 heavy (non-hydrogen) atoms. The number of aromatic nitrogens is 4.